The van der Waals surface area contributed by atoms with Gasteiger partial charge in [-0.15, -0.1) is 0 Å². The van der Waals surface area contributed by atoms with E-state index in [0.29, 0.717) is 0 Å². The fourth-order valence-electron chi connectivity index (χ4n) is 1.08. The number of carbonyl (C=O) groups excluding carboxylic acids is 1. The van der Waals surface area contributed by atoms with Crippen LogP contribution in [0, 0.1) is 0 Å². The molecule has 0 fully saturated rings. The quantitative estimate of drug-likeness (QED) is 0.464. The highest BCUT2D eigenvalue weighted by Crippen LogP contribution is 2.04. The summed E-state index contributed by atoms with van der Waals surface area (Å²) in [5.74, 6) is 0.149. The van der Waals surface area contributed by atoms with Crippen molar-refractivity contribution in [2.45, 2.75) is 33.1 Å². The summed E-state index contributed by atoms with van der Waals surface area (Å²) in [7, 11) is 3.80. The third-order valence-electron chi connectivity index (χ3n) is 1.74. The summed E-state index contributed by atoms with van der Waals surface area (Å²) < 4.78 is 0. The summed E-state index contributed by atoms with van der Waals surface area (Å²) >= 11 is 0. The van der Waals surface area contributed by atoms with Crippen molar-refractivity contribution in [2.75, 3.05) is 14.1 Å². The SMILES string of the molecule is CCCCC=C(C(C)=O)N(C)C. The van der Waals surface area contributed by atoms with Crippen molar-refractivity contribution in [3.8, 4) is 0 Å². The molecule has 0 atom stereocenters. The number of nitrogens with zero attached hydrogens (tertiary/aromatic N) is 1. The molecular formula is C10H19NO. The summed E-state index contributed by atoms with van der Waals surface area (Å²) in [6.07, 6.45) is 5.36. The lowest BCUT2D eigenvalue weighted by atomic mass is 10.2. The predicted octanol–water partition coefficient (Wildman–Crippen LogP) is 2.21. The van der Waals surface area contributed by atoms with E-state index in [1.165, 1.54) is 6.42 Å². The fourth-order valence-corrected chi connectivity index (χ4v) is 1.08. The van der Waals surface area contributed by atoms with Crippen LogP contribution in [0.4, 0.5) is 0 Å². The van der Waals surface area contributed by atoms with Crippen molar-refractivity contribution in [2.24, 2.45) is 0 Å². The fraction of sp³-hybridized carbons (Fsp3) is 0.700. The number of allylic oxidation sites excluding steroid dienone is 2. The van der Waals surface area contributed by atoms with Crippen LogP contribution in [-0.2, 0) is 4.79 Å². The highest BCUT2D eigenvalue weighted by Gasteiger charge is 2.03. The van der Waals surface area contributed by atoms with Crippen LogP contribution < -0.4 is 0 Å². The van der Waals surface area contributed by atoms with Gasteiger partial charge in [0.25, 0.3) is 0 Å². The molecule has 70 valence electrons. The van der Waals surface area contributed by atoms with Crippen molar-refractivity contribution in [1.29, 1.82) is 0 Å². The molecule has 2 nitrogen and oxygen atoms in total. The molecule has 0 saturated carbocycles. The Kier molecular flexibility index (Phi) is 5.43. The Labute approximate surface area is 75.3 Å². The van der Waals surface area contributed by atoms with Crippen LogP contribution in [0.1, 0.15) is 33.1 Å². The lowest BCUT2D eigenvalue weighted by Crippen LogP contribution is -2.17. The normalized spacial score (nSPS) is 11.5. The van der Waals surface area contributed by atoms with Crippen LogP contribution in [0.2, 0.25) is 0 Å². The zero-order valence-electron chi connectivity index (χ0n) is 8.55. The molecule has 12 heavy (non-hydrogen) atoms. The van der Waals surface area contributed by atoms with Crippen molar-refractivity contribution in [1.82, 2.24) is 4.90 Å². The zero-order chi connectivity index (χ0) is 9.56. The summed E-state index contributed by atoms with van der Waals surface area (Å²) in [5, 5.41) is 0. The molecule has 0 rings (SSSR count). The predicted molar refractivity (Wildman–Crippen MR) is 52.0 cm³/mol. The largest absolute Gasteiger partial charge is 0.375 e. The molecular weight excluding hydrogens is 150 g/mol. The number of hydrogen-bond donors (Lipinski definition) is 0. The topological polar surface area (TPSA) is 20.3 Å². The number of ketones is 1. The van der Waals surface area contributed by atoms with Gasteiger partial charge in [-0.05, 0) is 12.8 Å². The minimum absolute atomic E-state index is 0.149. The Bertz CT molecular complexity index is 171. The van der Waals surface area contributed by atoms with E-state index in [1.54, 1.807) is 6.92 Å². The first-order valence-electron chi connectivity index (χ1n) is 4.48. The molecule has 0 spiro atoms. The number of unbranched alkanes of at least 4 members (excludes halogenated alkanes) is 2. The van der Waals surface area contributed by atoms with Crippen molar-refractivity contribution in [3.05, 3.63) is 11.8 Å². The van der Waals surface area contributed by atoms with E-state index in [0.717, 1.165) is 18.5 Å². The summed E-state index contributed by atoms with van der Waals surface area (Å²) in [6.45, 7) is 3.76. The molecule has 0 N–H and O–H groups in total. The number of likely N-dealkylation sites (N-methyl/N-ethyl adjacent to an activating group) is 1. The minimum atomic E-state index is 0.149. The van der Waals surface area contributed by atoms with Gasteiger partial charge in [-0.25, -0.2) is 0 Å². The van der Waals surface area contributed by atoms with Gasteiger partial charge in [0.2, 0.25) is 0 Å². The van der Waals surface area contributed by atoms with Crippen molar-refractivity contribution < 1.29 is 4.79 Å². The monoisotopic (exact) mass is 169 g/mol. The summed E-state index contributed by atoms with van der Waals surface area (Å²) in [6, 6.07) is 0. The van der Waals surface area contributed by atoms with Crippen LogP contribution in [0.3, 0.4) is 0 Å². The molecule has 0 aliphatic heterocycles. The number of Topliss-reactive ketones (excluding diaryl/α,β-unsaturated/α-hetero) is 1. The maximum atomic E-state index is 11.1. The van der Waals surface area contributed by atoms with E-state index in [-0.39, 0.29) is 5.78 Å². The molecule has 0 aromatic heterocycles. The zero-order valence-corrected chi connectivity index (χ0v) is 8.55. The molecule has 2 heteroatoms. The molecule has 0 amide bonds. The Morgan fingerprint density at radius 2 is 2.00 bits per heavy atom. The van der Waals surface area contributed by atoms with Crippen LogP contribution in [0.25, 0.3) is 0 Å². The molecule has 0 saturated heterocycles. The number of rotatable bonds is 5. The van der Waals surface area contributed by atoms with Crippen LogP contribution in [-0.4, -0.2) is 24.8 Å². The second-order valence-corrected chi connectivity index (χ2v) is 3.18. The average Bonchev–Trinajstić information content (AvgIpc) is 1.96. The van der Waals surface area contributed by atoms with E-state index in [9.17, 15) is 4.79 Å². The highest BCUT2D eigenvalue weighted by molar-refractivity contribution is 5.92. The molecule has 0 aromatic rings. The van der Waals surface area contributed by atoms with Gasteiger partial charge in [0.1, 0.15) is 0 Å². The standard InChI is InChI=1S/C10H19NO/c1-5-6-7-8-10(9(2)12)11(3)4/h8H,5-7H2,1-4H3. The van der Waals surface area contributed by atoms with Crippen molar-refractivity contribution >= 4 is 5.78 Å². The Hall–Kier alpha value is -0.790. The molecule has 0 aliphatic rings. The third kappa shape index (κ3) is 4.16. The van der Waals surface area contributed by atoms with Gasteiger partial charge >= 0.3 is 0 Å². The number of hydrogen-bond acceptors (Lipinski definition) is 2. The van der Waals surface area contributed by atoms with Gasteiger partial charge in [-0.3, -0.25) is 4.79 Å². The lowest BCUT2D eigenvalue weighted by molar-refractivity contribution is -0.114. The van der Waals surface area contributed by atoms with Crippen LogP contribution in [0.5, 0.6) is 0 Å². The highest BCUT2D eigenvalue weighted by atomic mass is 16.1. The lowest BCUT2D eigenvalue weighted by Gasteiger charge is -2.13. The first-order valence-corrected chi connectivity index (χ1v) is 4.48. The van der Waals surface area contributed by atoms with Gasteiger partial charge in [0.15, 0.2) is 5.78 Å². The van der Waals surface area contributed by atoms with Gasteiger partial charge in [-0.2, -0.15) is 0 Å². The Morgan fingerprint density at radius 1 is 1.42 bits per heavy atom. The first kappa shape index (κ1) is 11.2. The molecule has 0 aliphatic carbocycles. The second kappa shape index (κ2) is 5.81. The number of carbonyl (C=O) groups is 1. The minimum Gasteiger partial charge on any atom is -0.375 e. The second-order valence-electron chi connectivity index (χ2n) is 3.18. The van der Waals surface area contributed by atoms with Gasteiger partial charge < -0.3 is 4.90 Å². The van der Waals surface area contributed by atoms with Crippen molar-refractivity contribution in [3.63, 3.8) is 0 Å². The van der Waals surface area contributed by atoms with E-state index in [2.05, 4.69) is 6.92 Å². The molecule has 0 radical (unpaired) electrons. The third-order valence-corrected chi connectivity index (χ3v) is 1.74. The maximum absolute atomic E-state index is 11.1. The van der Waals surface area contributed by atoms with Gasteiger partial charge in [-0.1, -0.05) is 19.4 Å². The molecule has 0 heterocycles. The first-order chi connectivity index (χ1) is 5.59. The van der Waals surface area contributed by atoms with Gasteiger partial charge in [0.05, 0.1) is 5.70 Å². The van der Waals surface area contributed by atoms with Gasteiger partial charge in [0, 0.05) is 21.0 Å². The Balaban J connectivity index is 4.10. The average molecular weight is 169 g/mol. The van der Waals surface area contributed by atoms with Crippen LogP contribution in [0.15, 0.2) is 11.8 Å². The van der Waals surface area contributed by atoms with E-state index < -0.39 is 0 Å². The van der Waals surface area contributed by atoms with E-state index in [4.69, 9.17) is 0 Å². The summed E-state index contributed by atoms with van der Waals surface area (Å²) in [4.78, 5) is 12.9. The van der Waals surface area contributed by atoms with Crippen LogP contribution >= 0.6 is 0 Å². The molecule has 0 unspecified atom stereocenters. The molecule has 0 bridgehead atoms. The Morgan fingerprint density at radius 3 is 2.33 bits per heavy atom. The molecule has 0 aromatic carbocycles. The summed E-state index contributed by atoms with van der Waals surface area (Å²) in [5.41, 5.74) is 0.823. The van der Waals surface area contributed by atoms with E-state index in [1.807, 2.05) is 25.1 Å². The smallest absolute Gasteiger partial charge is 0.175 e. The maximum Gasteiger partial charge on any atom is 0.175 e. The van der Waals surface area contributed by atoms with E-state index >= 15 is 0 Å².